The van der Waals surface area contributed by atoms with Crippen LogP contribution in [0.15, 0.2) is 54.6 Å². The molecule has 2 aromatic heterocycles. The summed E-state index contributed by atoms with van der Waals surface area (Å²) in [7, 11) is 1.96. The van der Waals surface area contributed by atoms with Crippen LogP contribution in [-0.4, -0.2) is 48.6 Å². The highest BCUT2D eigenvalue weighted by atomic mass is 19.4. The number of hydrogen-bond donors (Lipinski definition) is 2. The summed E-state index contributed by atoms with van der Waals surface area (Å²) in [5.74, 6) is -0.226. The molecule has 0 radical (unpaired) electrons. The average molecular weight is 567 g/mol. The molecule has 0 bridgehead atoms. The Morgan fingerprint density at radius 2 is 1.73 bits per heavy atom. The number of nitrogens with zero attached hydrogens (tertiary/aromatic N) is 5. The van der Waals surface area contributed by atoms with Gasteiger partial charge in [0, 0.05) is 19.1 Å². The van der Waals surface area contributed by atoms with Crippen molar-refractivity contribution in [1.82, 2.24) is 24.4 Å². The first-order valence-corrected chi connectivity index (χ1v) is 13.7. The molecule has 4 aromatic rings. The van der Waals surface area contributed by atoms with E-state index in [4.69, 9.17) is 4.98 Å². The number of aromatic nitrogens is 4. The Morgan fingerprint density at radius 1 is 1.05 bits per heavy atom. The van der Waals surface area contributed by atoms with Crippen LogP contribution in [0.5, 0.6) is 0 Å². The summed E-state index contributed by atoms with van der Waals surface area (Å²) in [4.78, 5) is 27.5. The fraction of sp³-hybridized carbons (Fsp3) is 0.400. The van der Waals surface area contributed by atoms with Crippen LogP contribution in [0.1, 0.15) is 72.3 Å². The van der Waals surface area contributed by atoms with Crippen molar-refractivity contribution in [3.8, 4) is 0 Å². The zero-order valence-electron chi connectivity index (χ0n) is 23.2. The minimum absolute atomic E-state index is 0.0412. The number of alkyl halides is 3. The number of aromatic carboxylic acids is 1. The van der Waals surface area contributed by atoms with Crippen LogP contribution < -0.4 is 5.32 Å². The van der Waals surface area contributed by atoms with E-state index >= 15 is 0 Å². The molecule has 41 heavy (non-hydrogen) atoms. The number of hydrogen-bond acceptors (Lipinski definition) is 6. The van der Waals surface area contributed by atoms with Crippen molar-refractivity contribution in [3.05, 3.63) is 82.9 Å². The Kier molecular flexibility index (Phi) is 7.99. The highest BCUT2D eigenvalue weighted by Crippen LogP contribution is 2.34. The summed E-state index contributed by atoms with van der Waals surface area (Å²) in [6, 6.07) is 14.8. The highest BCUT2D eigenvalue weighted by Gasteiger charge is 2.31. The molecule has 5 rings (SSSR count). The molecular formula is C30H33F3N6O2. The van der Waals surface area contributed by atoms with E-state index in [1.165, 1.54) is 12.1 Å². The van der Waals surface area contributed by atoms with Crippen LogP contribution in [0.3, 0.4) is 0 Å². The Labute approximate surface area is 236 Å². The standard InChI is InChI=1S/C30H33F3N6O2/c1-18(22-10-7-11-22)34-25-24-26(36-27(35-25)29(40)41)37-28(19(2)38(3)16-20-8-5-4-6-9-20)39(24)17-21-12-14-23(15-13-21)30(31,32)33/h4-6,8-9,12-15,18-19,22H,7,10-11,16-17H2,1-3H3,(H,40,41)(H,34,35,36)/t18-,19?/m1/s1. The lowest BCUT2D eigenvalue weighted by Crippen LogP contribution is -2.31. The van der Waals surface area contributed by atoms with E-state index in [2.05, 4.69) is 20.2 Å². The maximum absolute atomic E-state index is 13.2. The molecule has 2 heterocycles. The van der Waals surface area contributed by atoms with Crippen molar-refractivity contribution in [2.24, 2.45) is 5.92 Å². The molecule has 1 aliphatic carbocycles. The zero-order valence-corrected chi connectivity index (χ0v) is 23.2. The molecule has 216 valence electrons. The van der Waals surface area contributed by atoms with Gasteiger partial charge in [0.15, 0.2) is 11.5 Å². The molecule has 0 amide bonds. The quantitative estimate of drug-likeness (QED) is 0.230. The van der Waals surface area contributed by atoms with Gasteiger partial charge in [-0.2, -0.15) is 13.2 Å². The van der Waals surface area contributed by atoms with Crippen molar-refractivity contribution in [2.45, 2.75) is 64.5 Å². The van der Waals surface area contributed by atoms with Crippen LogP contribution in [0.2, 0.25) is 0 Å². The smallest absolute Gasteiger partial charge is 0.416 e. The molecule has 1 unspecified atom stereocenters. The molecule has 11 heteroatoms. The van der Waals surface area contributed by atoms with Gasteiger partial charge < -0.3 is 15.0 Å². The molecule has 8 nitrogen and oxygen atoms in total. The van der Waals surface area contributed by atoms with E-state index in [0.29, 0.717) is 35.2 Å². The first-order valence-electron chi connectivity index (χ1n) is 13.7. The summed E-state index contributed by atoms with van der Waals surface area (Å²) in [6.45, 7) is 4.87. The Balaban J connectivity index is 1.61. The van der Waals surface area contributed by atoms with Crippen LogP contribution in [0.25, 0.3) is 11.2 Å². The molecule has 0 aliphatic heterocycles. The third-order valence-electron chi connectivity index (χ3n) is 7.98. The Bertz CT molecular complexity index is 1520. The molecule has 2 aromatic carbocycles. The van der Waals surface area contributed by atoms with Crippen molar-refractivity contribution >= 4 is 23.0 Å². The van der Waals surface area contributed by atoms with Gasteiger partial charge in [-0.25, -0.2) is 19.7 Å². The zero-order chi connectivity index (χ0) is 29.3. The summed E-state index contributed by atoms with van der Waals surface area (Å²) >= 11 is 0. The van der Waals surface area contributed by atoms with Gasteiger partial charge in [-0.05, 0) is 62.9 Å². The second-order valence-electron chi connectivity index (χ2n) is 10.8. The summed E-state index contributed by atoms with van der Waals surface area (Å²) in [5.41, 5.74) is 1.77. The molecule has 2 N–H and O–H groups in total. The van der Waals surface area contributed by atoms with Crippen LogP contribution >= 0.6 is 0 Å². The summed E-state index contributed by atoms with van der Waals surface area (Å²) in [6.07, 6.45) is -1.13. The Morgan fingerprint density at radius 3 is 2.32 bits per heavy atom. The predicted octanol–water partition coefficient (Wildman–Crippen LogP) is 6.39. The van der Waals surface area contributed by atoms with Gasteiger partial charge in [0.05, 0.1) is 11.6 Å². The van der Waals surface area contributed by atoms with Gasteiger partial charge in [0.1, 0.15) is 11.3 Å². The van der Waals surface area contributed by atoms with Gasteiger partial charge in [-0.15, -0.1) is 0 Å². The Hall–Kier alpha value is -3.99. The number of halogens is 3. The van der Waals surface area contributed by atoms with E-state index in [1.807, 2.05) is 55.8 Å². The maximum Gasteiger partial charge on any atom is 0.416 e. The normalized spacial score (nSPS) is 15.6. The average Bonchev–Trinajstić information content (AvgIpc) is 3.25. The lowest BCUT2D eigenvalue weighted by Gasteiger charge is -2.32. The number of fused-ring (bicyclic) bond motifs is 1. The number of carboxylic acids is 1. The lowest BCUT2D eigenvalue weighted by molar-refractivity contribution is -0.137. The largest absolute Gasteiger partial charge is 0.475 e. The van der Waals surface area contributed by atoms with Gasteiger partial charge in [0.2, 0.25) is 5.82 Å². The van der Waals surface area contributed by atoms with E-state index in [1.54, 1.807) is 0 Å². The van der Waals surface area contributed by atoms with Gasteiger partial charge in [-0.3, -0.25) is 4.90 Å². The number of carbonyl (C=O) groups is 1. The van der Waals surface area contributed by atoms with Crippen LogP contribution in [0, 0.1) is 5.92 Å². The van der Waals surface area contributed by atoms with E-state index in [9.17, 15) is 23.1 Å². The summed E-state index contributed by atoms with van der Waals surface area (Å²) in [5, 5.41) is 13.2. The SMILES string of the molecule is CC(c1nc2nc(C(=O)O)nc(N[C@H](C)C3CCC3)c2n1Cc1ccc(C(F)(F)F)cc1)N(C)Cc1ccccc1. The third-order valence-corrected chi connectivity index (χ3v) is 7.98. The predicted molar refractivity (Wildman–Crippen MR) is 150 cm³/mol. The molecule has 0 spiro atoms. The number of carboxylic acid groups (broad SMARTS) is 1. The van der Waals surface area contributed by atoms with Gasteiger partial charge in [0.25, 0.3) is 0 Å². The number of benzene rings is 2. The molecule has 2 atom stereocenters. The number of rotatable bonds is 10. The third kappa shape index (κ3) is 6.19. The second kappa shape index (κ2) is 11.5. The van der Waals surface area contributed by atoms with Crippen LogP contribution in [0.4, 0.5) is 19.0 Å². The van der Waals surface area contributed by atoms with Crippen LogP contribution in [-0.2, 0) is 19.3 Å². The minimum Gasteiger partial charge on any atom is -0.475 e. The fourth-order valence-corrected chi connectivity index (χ4v) is 5.19. The van der Waals surface area contributed by atoms with Gasteiger partial charge >= 0.3 is 12.1 Å². The maximum atomic E-state index is 13.2. The topological polar surface area (TPSA) is 96.2 Å². The van der Waals surface area contributed by atoms with E-state index in [-0.39, 0.29) is 30.1 Å². The highest BCUT2D eigenvalue weighted by molar-refractivity contribution is 5.90. The van der Waals surface area contributed by atoms with Crippen molar-refractivity contribution in [3.63, 3.8) is 0 Å². The molecule has 1 fully saturated rings. The summed E-state index contributed by atoms with van der Waals surface area (Å²) < 4.78 is 41.6. The molecule has 1 saturated carbocycles. The second-order valence-corrected chi connectivity index (χ2v) is 10.8. The number of imidazole rings is 1. The number of anilines is 1. The first-order chi connectivity index (χ1) is 19.5. The monoisotopic (exact) mass is 566 g/mol. The molecule has 1 aliphatic rings. The van der Waals surface area contributed by atoms with Crippen molar-refractivity contribution < 1.29 is 23.1 Å². The molecular weight excluding hydrogens is 533 g/mol. The van der Waals surface area contributed by atoms with E-state index < -0.39 is 17.7 Å². The number of nitrogens with one attached hydrogen (secondary N) is 1. The van der Waals surface area contributed by atoms with Crippen molar-refractivity contribution in [1.29, 1.82) is 0 Å². The lowest BCUT2D eigenvalue weighted by atomic mass is 9.80. The first kappa shape index (κ1) is 28.5. The fourth-order valence-electron chi connectivity index (χ4n) is 5.19. The van der Waals surface area contributed by atoms with E-state index in [0.717, 1.165) is 37.0 Å². The van der Waals surface area contributed by atoms with Crippen molar-refractivity contribution in [2.75, 3.05) is 12.4 Å². The molecule has 0 saturated heterocycles. The van der Waals surface area contributed by atoms with Gasteiger partial charge in [-0.1, -0.05) is 48.9 Å². The minimum atomic E-state index is -4.43.